The van der Waals surface area contributed by atoms with Crippen LogP contribution in [0.2, 0.25) is 0 Å². The highest BCUT2D eigenvalue weighted by molar-refractivity contribution is 5.81. The van der Waals surface area contributed by atoms with Crippen molar-refractivity contribution in [3.8, 4) is 0 Å². The summed E-state index contributed by atoms with van der Waals surface area (Å²) in [6.07, 6.45) is 11.2. The lowest BCUT2D eigenvalue weighted by Gasteiger charge is -2.26. The van der Waals surface area contributed by atoms with Crippen molar-refractivity contribution in [1.82, 2.24) is 5.32 Å². The molecule has 2 saturated heterocycles. The number of nitrogens with one attached hydrogen (secondary N) is 1. The van der Waals surface area contributed by atoms with Gasteiger partial charge in [-0.2, -0.15) is 0 Å². The minimum absolute atomic E-state index is 0.0340. The third-order valence-corrected chi connectivity index (χ3v) is 5.08. The van der Waals surface area contributed by atoms with Gasteiger partial charge >= 0.3 is 0 Å². The molecule has 0 aromatic carbocycles. The van der Waals surface area contributed by atoms with Crippen molar-refractivity contribution in [2.75, 3.05) is 0 Å². The molecule has 0 aromatic rings. The zero-order valence-electron chi connectivity index (χ0n) is 11.6. The van der Waals surface area contributed by atoms with Crippen LogP contribution in [0.15, 0.2) is 0 Å². The molecule has 2 heterocycles. The average molecular weight is 266 g/mol. The van der Waals surface area contributed by atoms with Crippen molar-refractivity contribution in [2.24, 2.45) is 11.7 Å². The van der Waals surface area contributed by atoms with Gasteiger partial charge in [-0.25, -0.2) is 0 Å². The lowest BCUT2D eigenvalue weighted by Crippen LogP contribution is -2.49. The highest BCUT2D eigenvalue weighted by atomic mass is 16.5. The molecule has 3 aliphatic rings. The molecule has 4 heteroatoms. The Morgan fingerprint density at radius 1 is 1.21 bits per heavy atom. The Hall–Kier alpha value is -0.610. The molecular formula is C15H26N2O2. The predicted octanol–water partition coefficient (Wildman–Crippen LogP) is 1.72. The Morgan fingerprint density at radius 3 is 2.63 bits per heavy atom. The number of carbonyl (C=O) groups is 1. The number of carbonyl (C=O) groups excluding carboxylic acids is 1. The van der Waals surface area contributed by atoms with Crippen molar-refractivity contribution in [3.63, 3.8) is 0 Å². The third-order valence-electron chi connectivity index (χ3n) is 5.08. The summed E-state index contributed by atoms with van der Waals surface area (Å²) in [6, 6.07) is -0.120. The summed E-state index contributed by atoms with van der Waals surface area (Å²) in [4.78, 5) is 12.2. The fourth-order valence-electron chi connectivity index (χ4n) is 3.97. The maximum absolute atomic E-state index is 12.2. The maximum Gasteiger partial charge on any atom is 0.237 e. The summed E-state index contributed by atoms with van der Waals surface area (Å²) in [5, 5.41) is 3.11. The van der Waals surface area contributed by atoms with Crippen LogP contribution in [0.5, 0.6) is 0 Å². The summed E-state index contributed by atoms with van der Waals surface area (Å²) in [5.41, 5.74) is 6.07. The van der Waals surface area contributed by atoms with E-state index in [9.17, 15) is 4.79 Å². The first-order valence-corrected chi connectivity index (χ1v) is 7.94. The molecule has 0 spiro atoms. The minimum Gasteiger partial charge on any atom is -0.373 e. The van der Waals surface area contributed by atoms with E-state index in [0.717, 1.165) is 25.7 Å². The molecule has 3 rings (SSSR count). The van der Waals surface area contributed by atoms with Gasteiger partial charge in [-0.05, 0) is 31.6 Å². The monoisotopic (exact) mass is 266 g/mol. The number of hydrogen-bond acceptors (Lipinski definition) is 3. The zero-order valence-corrected chi connectivity index (χ0v) is 11.6. The highest BCUT2D eigenvalue weighted by Gasteiger charge is 2.41. The van der Waals surface area contributed by atoms with E-state index in [1.807, 2.05) is 0 Å². The standard InChI is InChI=1S/C15H26N2O2/c16-12(8-10-4-2-1-3-5-10)15(18)17-13-9-11-6-7-14(13)19-11/h10-14H,1-9,16H2,(H,17,18). The Kier molecular flexibility index (Phi) is 4.08. The van der Waals surface area contributed by atoms with Gasteiger partial charge in [0.05, 0.1) is 24.3 Å². The number of fused-ring (bicyclic) bond motifs is 2. The highest BCUT2D eigenvalue weighted by Crippen LogP contribution is 2.34. The van der Waals surface area contributed by atoms with Crippen molar-refractivity contribution < 1.29 is 9.53 Å². The smallest absolute Gasteiger partial charge is 0.237 e. The van der Waals surface area contributed by atoms with E-state index < -0.39 is 0 Å². The van der Waals surface area contributed by atoms with Gasteiger partial charge in [0.1, 0.15) is 0 Å². The third kappa shape index (κ3) is 3.11. The van der Waals surface area contributed by atoms with Crippen molar-refractivity contribution >= 4 is 5.91 Å². The molecular weight excluding hydrogens is 240 g/mol. The molecule has 4 nitrogen and oxygen atoms in total. The van der Waals surface area contributed by atoms with Gasteiger partial charge in [0, 0.05) is 0 Å². The Labute approximate surface area is 115 Å². The quantitative estimate of drug-likeness (QED) is 0.814. The molecule has 2 bridgehead atoms. The molecule has 3 N–H and O–H groups in total. The summed E-state index contributed by atoms with van der Waals surface area (Å²) >= 11 is 0. The number of nitrogens with two attached hydrogens (primary N) is 1. The molecule has 108 valence electrons. The maximum atomic E-state index is 12.2. The summed E-state index contributed by atoms with van der Waals surface area (Å²) < 4.78 is 5.76. The Morgan fingerprint density at radius 2 is 2.00 bits per heavy atom. The van der Waals surface area contributed by atoms with Crippen LogP contribution >= 0.6 is 0 Å². The van der Waals surface area contributed by atoms with Crippen LogP contribution in [0.3, 0.4) is 0 Å². The van der Waals surface area contributed by atoms with Crippen LogP contribution < -0.4 is 11.1 Å². The van der Waals surface area contributed by atoms with Crippen LogP contribution in [0.25, 0.3) is 0 Å². The molecule has 4 unspecified atom stereocenters. The lowest BCUT2D eigenvalue weighted by atomic mass is 9.84. The van der Waals surface area contributed by atoms with Gasteiger partial charge in [-0.1, -0.05) is 32.1 Å². The first-order valence-electron chi connectivity index (χ1n) is 7.94. The Balaban J connectivity index is 1.44. The van der Waals surface area contributed by atoms with Gasteiger partial charge < -0.3 is 15.8 Å². The van der Waals surface area contributed by atoms with Crippen LogP contribution in [0.4, 0.5) is 0 Å². The van der Waals surface area contributed by atoms with Crippen LogP contribution in [-0.2, 0) is 9.53 Å². The summed E-state index contributed by atoms with van der Waals surface area (Å²) in [7, 11) is 0. The molecule has 2 aliphatic heterocycles. The lowest BCUT2D eigenvalue weighted by molar-refractivity contribution is -0.123. The van der Waals surface area contributed by atoms with Gasteiger partial charge in [0.2, 0.25) is 5.91 Å². The molecule has 0 radical (unpaired) electrons. The summed E-state index contributed by atoms with van der Waals surface area (Å²) in [6.45, 7) is 0. The number of hydrogen-bond donors (Lipinski definition) is 2. The molecule has 4 atom stereocenters. The van der Waals surface area contributed by atoms with Crippen molar-refractivity contribution in [2.45, 2.75) is 82.1 Å². The number of ether oxygens (including phenoxy) is 1. The van der Waals surface area contributed by atoms with E-state index in [1.54, 1.807) is 0 Å². The second kappa shape index (κ2) is 5.80. The zero-order chi connectivity index (χ0) is 13.2. The summed E-state index contributed by atoms with van der Waals surface area (Å²) in [5.74, 6) is 0.692. The van der Waals surface area contributed by atoms with E-state index in [-0.39, 0.29) is 24.1 Å². The van der Waals surface area contributed by atoms with Gasteiger partial charge in [0.25, 0.3) is 0 Å². The van der Waals surface area contributed by atoms with E-state index in [1.165, 1.54) is 32.1 Å². The van der Waals surface area contributed by atoms with Crippen molar-refractivity contribution in [3.05, 3.63) is 0 Å². The van der Waals surface area contributed by atoms with E-state index >= 15 is 0 Å². The van der Waals surface area contributed by atoms with Gasteiger partial charge in [-0.3, -0.25) is 4.79 Å². The molecule has 1 saturated carbocycles. The normalized spacial score (nSPS) is 36.4. The molecule has 19 heavy (non-hydrogen) atoms. The second-order valence-corrected chi connectivity index (χ2v) is 6.57. The van der Waals surface area contributed by atoms with Crippen LogP contribution in [-0.4, -0.2) is 30.2 Å². The number of rotatable bonds is 4. The van der Waals surface area contributed by atoms with Crippen molar-refractivity contribution in [1.29, 1.82) is 0 Å². The first kappa shape index (κ1) is 13.4. The molecule has 0 aromatic heterocycles. The van der Waals surface area contributed by atoms with E-state index in [4.69, 9.17) is 10.5 Å². The second-order valence-electron chi connectivity index (χ2n) is 6.57. The van der Waals surface area contributed by atoms with E-state index in [2.05, 4.69) is 5.32 Å². The van der Waals surface area contributed by atoms with Gasteiger partial charge in [-0.15, -0.1) is 0 Å². The predicted molar refractivity (Wildman–Crippen MR) is 73.6 cm³/mol. The fourth-order valence-corrected chi connectivity index (χ4v) is 3.97. The number of amides is 1. The largest absolute Gasteiger partial charge is 0.373 e. The molecule has 1 aliphatic carbocycles. The average Bonchev–Trinajstić information content (AvgIpc) is 3.02. The van der Waals surface area contributed by atoms with Gasteiger partial charge in [0.15, 0.2) is 0 Å². The van der Waals surface area contributed by atoms with Crippen LogP contribution in [0, 0.1) is 5.92 Å². The van der Waals surface area contributed by atoms with E-state index in [0.29, 0.717) is 12.0 Å². The van der Waals surface area contributed by atoms with Crippen LogP contribution in [0.1, 0.15) is 57.8 Å². The fraction of sp³-hybridized carbons (Fsp3) is 0.933. The Bertz CT molecular complexity index is 328. The first-order chi connectivity index (χ1) is 9.22. The topological polar surface area (TPSA) is 64.4 Å². The molecule has 3 fully saturated rings. The SMILES string of the molecule is NC(CC1CCCCC1)C(=O)NC1CC2CCC1O2. The minimum atomic E-state index is -0.331. The molecule has 1 amide bonds.